The van der Waals surface area contributed by atoms with E-state index in [9.17, 15) is 18.0 Å². The highest BCUT2D eigenvalue weighted by Gasteiger charge is 2.30. The quantitative estimate of drug-likeness (QED) is 0.916. The van der Waals surface area contributed by atoms with E-state index in [4.69, 9.17) is 0 Å². The second kappa shape index (κ2) is 6.18. The van der Waals surface area contributed by atoms with Crippen molar-refractivity contribution < 1.29 is 18.0 Å². The summed E-state index contributed by atoms with van der Waals surface area (Å²) >= 11 is 0. The molecule has 8 heteroatoms. The third-order valence-corrected chi connectivity index (χ3v) is 4.09. The number of halogens is 3. The second-order valence-corrected chi connectivity index (χ2v) is 5.69. The Labute approximate surface area is 137 Å². The lowest BCUT2D eigenvalue weighted by atomic mass is 10.1. The van der Waals surface area contributed by atoms with Gasteiger partial charge in [-0.05, 0) is 12.1 Å². The molecule has 0 saturated carbocycles. The zero-order chi connectivity index (χ0) is 17.3. The van der Waals surface area contributed by atoms with Crippen LogP contribution in [0.25, 0.3) is 11.3 Å². The van der Waals surface area contributed by atoms with Crippen LogP contribution in [0.1, 0.15) is 12.5 Å². The summed E-state index contributed by atoms with van der Waals surface area (Å²) in [6.07, 6.45) is -2.84. The van der Waals surface area contributed by atoms with Crippen LogP contribution < -0.4 is 4.90 Å². The fourth-order valence-electron chi connectivity index (χ4n) is 2.71. The fraction of sp³-hybridized carbons (Fsp3) is 0.375. The number of carbonyl (C=O) groups is 1. The Bertz CT molecular complexity index is 733. The molecule has 0 unspecified atom stereocenters. The van der Waals surface area contributed by atoms with Crippen LogP contribution in [-0.4, -0.2) is 47.0 Å². The molecule has 128 valence electrons. The van der Waals surface area contributed by atoms with Crippen molar-refractivity contribution >= 4 is 11.9 Å². The van der Waals surface area contributed by atoms with Crippen molar-refractivity contribution in [3.8, 4) is 11.3 Å². The maximum atomic E-state index is 12.8. The zero-order valence-electron chi connectivity index (χ0n) is 13.1. The number of hydrogen-bond acceptors (Lipinski definition) is 3. The first kappa shape index (κ1) is 16.4. The van der Waals surface area contributed by atoms with Gasteiger partial charge in [0.1, 0.15) is 0 Å². The van der Waals surface area contributed by atoms with E-state index in [2.05, 4.69) is 9.97 Å². The number of piperazine rings is 1. The number of H-pyrrole nitrogens is 1. The fourth-order valence-corrected chi connectivity index (χ4v) is 2.71. The molecule has 1 aromatic heterocycles. The molecule has 0 atom stereocenters. The van der Waals surface area contributed by atoms with Crippen LogP contribution in [0, 0.1) is 0 Å². The molecule has 0 aliphatic carbocycles. The Hall–Kier alpha value is -2.51. The number of imidazole rings is 1. The molecule has 1 amide bonds. The predicted molar refractivity (Wildman–Crippen MR) is 83.5 cm³/mol. The van der Waals surface area contributed by atoms with Crippen molar-refractivity contribution in [1.82, 2.24) is 14.9 Å². The van der Waals surface area contributed by atoms with Crippen LogP contribution in [0.3, 0.4) is 0 Å². The van der Waals surface area contributed by atoms with Crippen molar-refractivity contribution in [1.29, 1.82) is 0 Å². The third-order valence-electron chi connectivity index (χ3n) is 4.09. The molecule has 1 fully saturated rings. The molecule has 2 aromatic rings. The number of anilines is 1. The first-order chi connectivity index (χ1) is 11.3. The van der Waals surface area contributed by atoms with Gasteiger partial charge >= 0.3 is 6.18 Å². The van der Waals surface area contributed by atoms with Gasteiger partial charge in [0, 0.05) is 38.7 Å². The maximum absolute atomic E-state index is 12.8. The number of carbonyl (C=O) groups excluding carboxylic acids is 1. The van der Waals surface area contributed by atoms with Gasteiger partial charge in [-0.3, -0.25) is 4.79 Å². The Morgan fingerprint density at radius 3 is 2.54 bits per heavy atom. The zero-order valence-corrected chi connectivity index (χ0v) is 13.1. The molecule has 0 spiro atoms. The predicted octanol–water partition coefficient (Wildman–Crippen LogP) is 2.76. The van der Waals surface area contributed by atoms with Gasteiger partial charge in [0.2, 0.25) is 11.9 Å². The number of amides is 1. The smallest absolute Gasteiger partial charge is 0.339 e. The minimum absolute atomic E-state index is 0.0405. The van der Waals surface area contributed by atoms with Gasteiger partial charge in [-0.25, -0.2) is 4.98 Å². The Balaban J connectivity index is 1.76. The monoisotopic (exact) mass is 338 g/mol. The van der Waals surface area contributed by atoms with Gasteiger partial charge in [0.25, 0.3) is 0 Å². The van der Waals surface area contributed by atoms with Crippen LogP contribution >= 0.6 is 0 Å². The molecule has 2 heterocycles. The first-order valence-corrected chi connectivity index (χ1v) is 7.58. The molecular weight excluding hydrogens is 321 g/mol. The molecule has 3 rings (SSSR count). The van der Waals surface area contributed by atoms with Gasteiger partial charge in [-0.2, -0.15) is 13.2 Å². The van der Waals surface area contributed by atoms with E-state index in [1.54, 1.807) is 11.0 Å². The lowest BCUT2D eigenvalue weighted by Gasteiger charge is -2.33. The Morgan fingerprint density at radius 1 is 1.21 bits per heavy atom. The normalized spacial score (nSPS) is 15.7. The molecule has 24 heavy (non-hydrogen) atoms. The number of nitrogens with one attached hydrogen (secondary N) is 1. The van der Waals surface area contributed by atoms with Gasteiger partial charge in [-0.15, -0.1) is 0 Å². The maximum Gasteiger partial charge on any atom is 0.416 e. The highest BCUT2D eigenvalue weighted by atomic mass is 19.4. The molecule has 1 aromatic carbocycles. The molecule has 5 nitrogen and oxygen atoms in total. The summed E-state index contributed by atoms with van der Waals surface area (Å²) in [5.74, 6) is 0.643. The van der Waals surface area contributed by atoms with E-state index in [1.165, 1.54) is 19.2 Å². The molecular formula is C16H17F3N4O. The minimum atomic E-state index is -4.37. The van der Waals surface area contributed by atoms with Crippen molar-refractivity contribution in [2.24, 2.45) is 0 Å². The molecule has 0 bridgehead atoms. The lowest BCUT2D eigenvalue weighted by Crippen LogP contribution is -2.48. The van der Waals surface area contributed by atoms with E-state index in [0.717, 1.165) is 12.1 Å². The van der Waals surface area contributed by atoms with Gasteiger partial charge in [0.15, 0.2) is 0 Å². The molecule has 0 radical (unpaired) electrons. The largest absolute Gasteiger partial charge is 0.416 e. The van der Waals surface area contributed by atoms with E-state index in [0.29, 0.717) is 43.4 Å². The van der Waals surface area contributed by atoms with Crippen molar-refractivity contribution in [2.75, 3.05) is 31.1 Å². The topological polar surface area (TPSA) is 52.2 Å². The molecule has 1 aliphatic heterocycles. The summed E-state index contributed by atoms with van der Waals surface area (Å²) in [5.41, 5.74) is 0.280. The summed E-state index contributed by atoms with van der Waals surface area (Å²) < 4.78 is 38.4. The average molecular weight is 338 g/mol. The average Bonchev–Trinajstić information content (AvgIpc) is 3.04. The number of aromatic amines is 1. The molecule has 1 aliphatic rings. The van der Waals surface area contributed by atoms with Crippen LogP contribution in [-0.2, 0) is 11.0 Å². The number of benzene rings is 1. The SMILES string of the molecule is CC(=O)N1CCN(c2ncc(-c3cccc(C(F)(F)F)c3)[nH]2)CC1. The summed E-state index contributed by atoms with van der Waals surface area (Å²) in [5, 5.41) is 0. The van der Waals surface area contributed by atoms with Gasteiger partial charge < -0.3 is 14.8 Å². The summed E-state index contributed by atoms with van der Waals surface area (Å²) in [7, 11) is 0. The first-order valence-electron chi connectivity index (χ1n) is 7.58. The number of rotatable bonds is 2. The number of alkyl halides is 3. The van der Waals surface area contributed by atoms with Crippen LogP contribution in [0.4, 0.5) is 19.1 Å². The van der Waals surface area contributed by atoms with Crippen molar-refractivity contribution in [3.63, 3.8) is 0 Å². The van der Waals surface area contributed by atoms with E-state index in [-0.39, 0.29) is 5.91 Å². The van der Waals surface area contributed by atoms with Crippen molar-refractivity contribution in [3.05, 3.63) is 36.0 Å². The summed E-state index contributed by atoms with van der Waals surface area (Å²) in [4.78, 5) is 22.4. The minimum Gasteiger partial charge on any atom is -0.339 e. The number of nitrogens with zero attached hydrogens (tertiary/aromatic N) is 3. The highest BCUT2D eigenvalue weighted by Crippen LogP contribution is 2.32. The molecule has 1 saturated heterocycles. The third kappa shape index (κ3) is 3.37. The highest BCUT2D eigenvalue weighted by molar-refractivity contribution is 5.73. The number of hydrogen-bond donors (Lipinski definition) is 1. The van der Waals surface area contributed by atoms with Crippen molar-refractivity contribution in [2.45, 2.75) is 13.1 Å². The summed E-state index contributed by atoms with van der Waals surface area (Å²) in [6.45, 7) is 4.02. The van der Waals surface area contributed by atoms with E-state index < -0.39 is 11.7 Å². The lowest BCUT2D eigenvalue weighted by molar-refractivity contribution is -0.137. The van der Waals surface area contributed by atoms with Gasteiger partial charge in [0.05, 0.1) is 17.5 Å². The van der Waals surface area contributed by atoms with Crippen LogP contribution in [0.2, 0.25) is 0 Å². The standard InChI is InChI=1S/C16H17F3N4O/c1-11(24)22-5-7-23(8-6-22)15-20-10-14(21-15)12-3-2-4-13(9-12)16(17,18)19/h2-4,9-10H,5-8H2,1H3,(H,20,21). The Kier molecular flexibility index (Phi) is 4.21. The number of aromatic nitrogens is 2. The van der Waals surface area contributed by atoms with Crippen LogP contribution in [0.5, 0.6) is 0 Å². The van der Waals surface area contributed by atoms with Crippen LogP contribution in [0.15, 0.2) is 30.5 Å². The van der Waals surface area contributed by atoms with E-state index in [1.807, 2.05) is 4.90 Å². The summed E-state index contributed by atoms with van der Waals surface area (Å²) in [6, 6.07) is 5.14. The molecule has 1 N–H and O–H groups in total. The van der Waals surface area contributed by atoms with Gasteiger partial charge in [-0.1, -0.05) is 12.1 Å². The Morgan fingerprint density at radius 2 is 1.92 bits per heavy atom. The second-order valence-electron chi connectivity index (χ2n) is 5.69. The van der Waals surface area contributed by atoms with E-state index >= 15 is 0 Å².